The molecule has 0 saturated carbocycles. The van der Waals surface area contributed by atoms with Crippen LogP contribution in [0.3, 0.4) is 0 Å². The van der Waals surface area contributed by atoms with Gasteiger partial charge in [-0.25, -0.2) is 0 Å². The van der Waals surface area contributed by atoms with Gasteiger partial charge in [-0.3, -0.25) is 0 Å². The number of anilines is 1. The van der Waals surface area contributed by atoms with Gasteiger partial charge >= 0.3 is 0 Å². The summed E-state index contributed by atoms with van der Waals surface area (Å²) in [6.45, 7) is 2.14. The highest BCUT2D eigenvalue weighted by Gasteiger charge is 2.07. The Kier molecular flexibility index (Phi) is 4.10. The summed E-state index contributed by atoms with van der Waals surface area (Å²) in [6.07, 6.45) is 0. The van der Waals surface area contributed by atoms with E-state index in [0.717, 1.165) is 10.0 Å². The molecule has 2 rings (SSSR count). The molecule has 0 fully saturated rings. The van der Waals surface area contributed by atoms with Crippen molar-refractivity contribution in [1.82, 2.24) is 0 Å². The lowest BCUT2D eigenvalue weighted by atomic mass is 10.2. The first-order chi connectivity index (χ1) is 7.65. The van der Waals surface area contributed by atoms with Gasteiger partial charge in [0.25, 0.3) is 0 Å². The summed E-state index contributed by atoms with van der Waals surface area (Å²) in [5.41, 5.74) is 2.37. The van der Waals surface area contributed by atoms with E-state index in [0.29, 0.717) is 0 Å². The van der Waals surface area contributed by atoms with E-state index in [1.54, 1.807) is 11.3 Å². The molecular weight excluding hydrogens is 353 g/mol. The van der Waals surface area contributed by atoms with Crippen molar-refractivity contribution >= 4 is 51.2 Å². The standard InChI is InChI=1S/C12H11ClINS/c1-8(9-5-12(13)16-7-9)15-11-4-2-3-10(14)6-11/h2-8,15H,1H3. The van der Waals surface area contributed by atoms with Gasteiger partial charge in [0.1, 0.15) is 0 Å². The molecule has 0 aliphatic rings. The Balaban J connectivity index is 2.10. The lowest BCUT2D eigenvalue weighted by molar-refractivity contribution is 0.890. The molecule has 1 aromatic carbocycles. The van der Waals surface area contributed by atoms with Crippen LogP contribution in [0.15, 0.2) is 35.7 Å². The van der Waals surface area contributed by atoms with Crippen molar-refractivity contribution in [2.24, 2.45) is 0 Å². The summed E-state index contributed by atoms with van der Waals surface area (Å²) < 4.78 is 2.07. The molecule has 1 unspecified atom stereocenters. The quantitative estimate of drug-likeness (QED) is 0.741. The molecule has 0 aliphatic heterocycles. The fourth-order valence-corrected chi connectivity index (χ4v) is 2.99. The molecule has 4 heteroatoms. The maximum Gasteiger partial charge on any atom is 0.0931 e. The van der Waals surface area contributed by atoms with E-state index in [-0.39, 0.29) is 6.04 Å². The van der Waals surface area contributed by atoms with Gasteiger partial charge in [0, 0.05) is 15.3 Å². The molecule has 2 aromatic rings. The highest BCUT2D eigenvalue weighted by molar-refractivity contribution is 14.1. The zero-order chi connectivity index (χ0) is 11.5. The Morgan fingerprint density at radius 3 is 2.81 bits per heavy atom. The maximum absolute atomic E-state index is 5.92. The minimum Gasteiger partial charge on any atom is -0.378 e. The normalized spacial score (nSPS) is 12.4. The number of benzene rings is 1. The molecule has 1 atom stereocenters. The minimum absolute atomic E-state index is 0.280. The first-order valence-electron chi connectivity index (χ1n) is 4.91. The molecule has 1 heterocycles. The number of hydrogen-bond donors (Lipinski definition) is 1. The Morgan fingerprint density at radius 2 is 2.19 bits per heavy atom. The Labute approximate surface area is 118 Å². The summed E-state index contributed by atoms with van der Waals surface area (Å²) in [6, 6.07) is 10.6. The van der Waals surface area contributed by atoms with Gasteiger partial charge in [0.15, 0.2) is 0 Å². The first kappa shape index (κ1) is 12.2. The van der Waals surface area contributed by atoms with Crippen LogP contribution >= 0.6 is 45.5 Å². The fraction of sp³-hybridized carbons (Fsp3) is 0.167. The predicted octanol–water partition coefficient (Wildman–Crippen LogP) is 5.18. The number of rotatable bonds is 3. The SMILES string of the molecule is CC(Nc1cccc(I)c1)c1csc(Cl)c1. The number of halogens is 2. The third-order valence-electron chi connectivity index (χ3n) is 2.30. The first-order valence-corrected chi connectivity index (χ1v) is 7.25. The van der Waals surface area contributed by atoms with Crippen molar-refractivity contribution in [1.29, 1.82) is 0 Å². The lowest BCUT2D eigenvalue weighted by Gasteiger charge is -2.14. The summed E-state index contributed by atoms with van der Waals surface area (Å²) in [7, 11) is 0. The monoisotopic (exact) mass is 363 g/mol. The maximum atomic E-state index is 5.92. The largest absolute Gasteiger partial charge is 0.378 e. The lowest BCUT2D eigenvalue weighted by Crippen LogP contribution is -2.05. The van der Waals surface area contributed by atoms with Crippen LogP contribution in [0.2, 0.25) is 4.34 Å². The molecule has 1 N–H and O–H groups in total. The molecule has 0 radical (unpaired) electrons. The third kappa shape index (κ3) is 3.12. The molecule has 0 aliphatic carbocycles. The topological polar surface area (TPSA) is 12.0 Å². The number of nitrogens with one attached hydrogen (secondary N) is 1. The van der Waals surface area contributed by atoms with Gasteiger partial charge < -0.3 is 5.32 Å². The Morgan fingerprint density at radius 1 is 1.38 bits per heavy atom. The number of thiophene rings is 1. The van der Waals surface area contributed by atoms with E-state index in [1.807, 2.05) is 6.07 Å². The van der Waals surface area contributed by atoms with E-state index in [9.17, 15) is 0 Å². The van der Waals surface area contributed by atoms with E-state index >= 15 is 0 Å². The van der Waals surface area contributed by atoms with Crippen molar-refractivity contribution in [3.05, 3.63) is 49.2 Å². The van der Waals surface area contributed by atoms with Crippen LogP contribution in [0.5, 0.6) is 0 Å². The second kappa shape index (κ2) is 5.38. The number of hydrogen-bond acceptors (Lipinski definition) is 2. The molecule has 1 aromatic heterocycles. The van der Waals surface area contributed by atoms with Crippen LogP contribution < -0.4 is 5.32 Å². The summed E-state index contributed by atoms with van der Waals surface area (Å²) >= 11 is 9.80. The highest BCUT2D eigenvalue weighted by Crippen LogP contribution is 2.27. The van der Waals surface area contributed by atoms with Gasteiger partial charge in [-0.2, -0.15) is 0 Å². The van der Waals surface area contributed by atoms with E-state index in [4.69, 9.17) is 11.6 Å². The smallest absolute Gasteiger partial charge is 0.0931 e. The van der Waals surface area contributed by atoms with Crippen LogP contribution in [0.1, 0.15) is 18.5 Å². The summed E-state index contributed by atoms with van der Waals surface area (Å²) in [5.74, 6) is 0. The van der Waals surface area contributed by atoms with Crippen molar-refractivity contribution < 1.29 is 0 Å². The van der Waals surface area contributed by atoms with Gasteiger partial charge in [-0.15, -0.1) is 11.3 Å². The zero-order valence-electron chi connectivity index (χ0n) is 8.71. The molecule has 0 bridgehead atoms. The van der Waals surface area contributed by atoms with Gasteiger partial charge in [0.2, 0.25) is 0 Å². The van der Waals surface area contributed by atoms with Gasteiger partial charge in [-0.1, -0.05) is 17.7 Å². The second-order valence-corrected chi connectivity index (χ2v) is 6.35. The van der Waals surface area contributed by atoms with E-state index in [1.165, 1.54) is 9.13 Å². The second-order valence-electron chi connectivity index (χ2n) is 3.56. The molecular formula is C12H11ClINS. The average molecular weight is 364 g/mol. The van der Waals surface area contributed by atoms with Crippen molar-refractivity contribution in [2.75, 3.05) is 5.32 Å². The Bertz CT molecular complexity index is 483. The van der Waals surface area contributed by atoms with Crippen LogP contribution in [-0.4, -0.2) is 0 Å². The van der Waals surface area contributed by atoms with Gasteiger partial charge in [-0.05, 0) is 64.7 Å². The Hall–Kier alpha value is -0.260. The van der Waals surface area contributed by atoms with Crippen molar-refractivity contribution in [3.8, 4) is 0 Å². The summed E-state index contributed by atoms with van der Waals surface area (Å²) in [5, 5.41) is 5.55. The summed E-state index contributed by atoms with van der Waals surface area (Å²) in [4.78, 5) is 0. The third-order valence-corrected chi connectivity index (χ3v) is 4.08. The highest BCUT2D eigenvalue weighted by atomic mass is 127. The predicted molar refractivity (Wildman–Crippen MR) is 80.5 cm³/mol. The average Bonchev–Trinajstić information content (AvgIpc) is 2.65. The van der Waals surface area contributed by atoms with Crippen LogP contribution in [0.25, 0.3) is 0 Å². The molecule has 0 amide bonds. The van der Waals surface area contributed by atoms with E-state index < -0.39 is 0 Å². The van der Waals surface area contributed by atoms with Crippen LogP contribution in [-0.2, 0) is 0 Å². The molecule has 16 heavy (non-hydrogen) atoms. The fourth-order valence-electron chi connectivity index (χ4n) is 1.46. The van der Waals surface area contributed by atoms with Crippen molar-refractivity contribution in [3.63, 3.8) is 0 Å². The molecule has 0 saturated heterocycles. The van der Waals surface area contributed by atoms with Crippen LogP contribution in [0, 0.1) is 3.57 Å². The van der Waals surface area contributed by atoms with Crippen LogP contribution in [0.4, 0.5) is 5.69 Å². The molecule has 84 valence electrons. The van der Waals surface area contributed by atoms with Crippen molar-refractivity contribution in [2.45, 2.75) is 13.0 Å². The molecule has 0 spiro atoms. The zero-order valence-corrected chi connectivity index (χ0v) is 12.4. The van der Waals surface area contributed by atoms with Gasteiger partial charge in [0.05, 0.1) is 4.34 Å². The minimum atomic E-state index is 0.280. The van der Waals surface area contributed by atoms with E-state index in [2.05, 4.69) is 64.5 Å². The molecule has 1 nitrogen and oxygen atoms in total.